The number of rotatable bonds is 16. The van der Waals surface area contributed by atoms with Crippen LogP contribution in [0.1, 0.15) is 33.3 Å². The van der Waals surface area contributed by atoms with Gasteiger partial charge in [-0.3, -0.25) is 19.2 Å². The molecular weight excluding hydrogens is 773 g/mol. The maximum absolute atomic E-state index is 13.1. The summed E-state index contributed by atoms with van der Waals surface area (Å²) in [7, 11) is 0. The van der Waals surface area contributed by atoms with Crippen LogP contribution in [-0.4, -0.2) is 127 Å². The van der Waals surface area contributed by atoms with Crippen LogP contribution in [-0.2, 0) is 73.2 Å². The Hall–Kier alpha value is -3.26. The Bertz CT molecular complexity index is 1400. The molecule has 2 fully saturated rings. The molecule has 1 amide bonds. The molecule has 1 aromatic rings. The molecule has 0 bridgehead atoms. The summed E-state index contributed by atoms with van der Waals surface area (Å²) in [6.07, 6.45) is -13.8. The van der Waals surface area contributed by atoms with E-state index < -0.39 is 108 Å². The predicted octanol–water partition coefficient (Wildman–Crippen LogP) is 2.42. The topological polar surface area (TPSA) is 210 Å². The largest absolute Gasteiger partial charge is 0.508 e. The lowest BCUT2D eigenvalue weighted by Crippen LogP contribution is -2.69. The summed E-state index contributed by atoms with van der Waals surface area (Å²) < 4.78 is 54.9. The summed E-state index contributed by atoms with van der Waals surface area (Å²) in [5, 5.41) is 14.0. The zero-order valence-corrected chi connectivity index (χ0v) is 31.5. The Labute approximate surface area is 320 Å². The van der Waals surface area contributed by atoms with Gasteiger partial charge in [-0.2, -0.15) is 0 Å². The van der Waals surface area contributed by atoms with Crippen LogP contribution in [0, 0.1) is 0 Å². The van der Waals surface area contributed by atoms with Crippen molar-refractivity contribution in [3.05, 3.63) is 48.6 Å². The van der Waals surface area contributed by atoms with Gasteiger partial charge in [0.2, 0.25) is 9.70 Å². The first kappa shape index (κ1) is 44.1. The van der Waals surface area contributed by atoms with E-state index >= 15 is 0 Å². The van der Waals surface area contributed by atoms with E-state index in [9.17, 15) is 29.1 Å². The molecule has 17 nitrogen and oxygen atoms in total. The van der Waals surface area contributed by atoms with Gasteiger partial charge in [-0.05, 0) is 5.56 Å². The smallest absolute Gasteiger partial charge is 0.463 e. The summed E-state index contributed by atoms with van der Waals surface area (Å²) in [6.45, 7) is 6.48. The average molecular weight is 815 g/mol. The molecule has 1 aromatic carbocycles. The first-order valence-electron chi connectivity index (χ1n) is 16.1. The first-order chi connectivity index (χ1) is 25.0. The number of benzene rings is 1. The highest BCUT2D eigenvalue weighted by Gasteiger charge is 2.56. The maximum Gasteiger partial charge on any atom is 0.508 e. The van der Waals surface area contributed by atoms with Crippen LogP contribution in [0.15, 0.2) is 43.0 Å². The third-order valence-corrected chi connectivity index (χ3v) is 7.66. The van der Waals surface area contributed by atoms with Gasteiger partial charge in [0.05, 0.1) is 19.8 Å². The summed E-state index contributed by atoms with van der Waals surface area (Å²) in [6, 6.07) is 7.73. The SMILES string of the molecule is C=CCO[C@@H]1O[C@H](COCc2ccccc2)[C@@H](O[C@@H]2O[C@H](COC(C)=O)[C@H](OC(C)=O)[C@H](O)[C@H]2OC(C)=O)[C@H](OC(=O)OCC(Cl)(Cl)Cl)[C@H]1NC(C)=O. The third-order valence-electron chi connectivity index (χ3n) is 7.34. The van der Waals surface area contributed by atoms with Crippen LogP contribution in [0.25, 0.3) is 0 Å². The molecule has 2 aliphatic heterocycles. The van der Waals surface area contributed by atoms with Gasteiger partial charge in [0.25, 0.3) is 0 Å². The molecule has 0 radical (unpaired) electrons. The fraction of sp³-hybridized carbons (Fsp3) is 0.606. The van der Waals surface area contributed by atoms with E-state index in [-0.39, 0.29) is 19.8 Å². The Balaban J connectivity index is 2.11. The van der Waals surface area contributed by atoms with Crippen molar-refractivity contribution in [3.8, 4) is 0 Å². The molecule has 20 heteroatoms. The molecule has 2 heterocycles. The lowest BCUT2D eigenvalue weighted by Gasteiger charge is -2.48. The number of carbonyl (C=O) groups is 5. The monoisotopic (exact) mass is 813 g/mol. The number of hydrogen-bond donors (Lipinski definition) is 2. The minimum atomic E-state index is -2.02. The van der Waals surface area contributed by atoms with Gasteiger partial charge in [0.1, 0.15) is 43.7 Å². The zero-order valence-electron chi connectivity index (χ0n) is 29.2. The molecule has 10 atom stereocenters. The Morgan fingerprint density at radius 1 is 0.830 bits per heavy atom. The van der Waals surface area contributed by atoms with Crippen molar-refractivity contribution in [1.82, 2.24) is 5.32 Å². The van der Waals surface area contributed by atoms with E-state index in [0.717, 1.165) is 26.3 Å². The number of halogens is 3. The molecule has 0 saturated carbocycles. The number of hydrogen-bond acceptors (Lipinski definition) is 16. The van der Waals surface area contributed by atoms with E-state index in [2.05, 4.69) is 11.9 Å². The second-order valence-electron chi connectivity index (χ2n) is 11.7. The quantitative estimate of drug-likeness (QED) is 0.106. The summed E-state index contributed by atoms with van der Waals surface area (Å²) >= 11 is 17.3. The van der Waals surface area contributed by atoms with Crippen LogP contribution in [0.3, 0.4) is 0 Å². The van der Waals surface area contributed by atoms with Crippen molar-refractivity contribution < 1.29 is 76.4 Å². The van der Waals surface area contributed by atoms with Crippen molar-refractivity contribution >= 4 is 64.8 Å². The molecule has 2 saturated heterocycles. The molecule has 0 aliphatic carbocycles. The highest BCUT2D eigenvalue weighted by Crippen LogP contribution is 2.34. The number of carbonyl (C=O) groups excluding carboxylic acids is 5. The number of aliphatic hydroxyl groups excluding tert-OH is 1. The van der Waals surface area contributed by atoms with Crippen molar-refractivity contribution in [2.75, 3.05) is 26.4 Å². The van der Waals surface area contributed by atoms with Gasteiger partial charge < -0.3 is 57.8 Å². The summed E-state index contributed by atoms with van der Waals surface area (Å²) in [5.74, 6) is -3.08. The fourth-order valence-electron chi connectivity index (χ4n) is 5.34. The number of alkyl halides is 3. The van der Waals surface area contributed by atoms with E-state index in [1.807, 2.05) is 30.3 Å². The number of nitrogens with one attached hydrogen (secondary N) is 1. The Kier molecular flexibility index (Phi) is 17.5. The number of aliphatic hydroxyl groups is 1. The van der Waals surface area contributed by atoms with Crippen molar-refractivity contribution in [2.24, 2.45) is 0 Å². The van der Waals surface area contributed by atoms with Crippen molar-refractivity contribution in [2.45, 2.75) is 99.4 Å². The van der Waals surface area contributed by atoms with Crippen LogP contribution in [0.4, 0.5) is 4.79 Å². The van der Waals surface area contributed by atoms with Gasteiger partial charge in [-0.1, -0.05) is 71.2 Å². The van der Waals surface area contributed by atoms with Gasteiger partial charge in [0, 0.05) is 27.7 Å². The molecule has 0 aromatic heterocycles. The molecule has 2 aliphatic rings. The number of amides is 1. The molecule has 0 spiro atoms. The molecule has 53 heavy (non-hydrogen) atoms. The minimum absolute atomic E-state index is 0.0841. The van der Waals surface area contributed by atoms with Crippen molar-refractivity contribution in [3.63, 3.8) is 0 Å². The standard InChI is InChI=1S/C33H42Cl3NO16/c1-6-12-45-30-24(37-17(2)38)28(53-32(43)47-16-33(34,35)36)27(22(50-30)14-44-13-21-10-8-7-9-11-21)52-31-29(49-20(5)41)25(42)26(48-19(4)40)23(51-31)15-46-18(3)39/h6-11,22-31,42H,1,12-16H2,2-5H3,(H,37,38)/t22-,23-,24-,25+,26+,27-,28-,29-,30-,31+/m1/s1. The third kappa shape index (κ3) is 14.5. The molecule has 0 unspecified atom stereocenters. The lowest BCUT2D eigenvalue weighted by molar-refractivity contribution is -0.349. The average Bonchev–Trinajstić information content (AvgIpc) is 3.07. The van der Waals surface area contributed by atoms with Crippen LogP contribution < -0.4 is 5.32 Å². The predicted molar refractivity (Wildman–Crippen MR) is 182 cm³/mol. The Morgan fingerprint density at radius 3 is 2.04 bits per heavy atom. The van der Waals surface area contributed by atoms with Crippen LogP contribution >= 0.6 is 34.8 Å². The second-order valence-corrected chi connectivity index (χ2v) is 14.2. The second kappa shape index (κ2) is 21.0. The van der Waals surface area contributed by atoms with Gasteiger partial charge in [-0.15, -0.1) is 6.58 Å². The van der Waals surface area contributed by atoms with Crippen LogP contribution in [0.2, 0.25) is 0 Å². The molecule has 296 valence electrons. The number of esters is 3. The zero-order chi connectivity index (χ0) is 39.3. The highest BCUT2D eigenvalue weighted by atomic mass is 35.6. The maximum atomic E-state index is 13.1. The molecule has 3 rings (SSSR count). The van der Waals surface area contributed by atoms with Crippen molar-refractivity contribution in [1.29, 1.82) is 0 Å². The minimum Gasteiger partial charge on any atom is -0.463 e. The van der Waals surface area contributed by atoms with Gasteiger partial charge in [0.15, 0.2) is 30.9 Å². The molecule has 2 N–H and O–H groups in total. The van der Waals surface area contributed by atoms with E-state index in [1.165, 1.54) is 13.0 Å². The molecular formula is C33H42Cl3NO16. The fourth-order valence-corrected chi connectivity index (χ4v) is 5.50. The lowest BCUT2D eigenvalue weighted by atomic mass is 9.95. The Morgan fingerprint density at radius 2 is 1.45 bits per heavy atom. The van der Waals surface area contributed by atoms with E-state index in [4.69, 9.17) is 82.2 Å². The highest BCUT2D eigenvalue weighted by molar-refractivity contribution is 6.67. The van der Waals surface area contributed by atoms with Gasteiger partial charge >= 0.3 is 24.1 Å². The van der Waals surface area contributed by atoms with Crippen LogP contribution in [0.5, 0.6) is 0 Å². The van der Waals surface area contributed by atoms with E-state index in [0.29, 0.717) is 0 Å². The first-order valence-corrected chi connectivity index (χ1v) is 17.3. The van der Waals surface area contributed by atoms with Gasteiger partial charge in [-0.25, -0.2) is 4.79 Å². The normalized spacial score (nSPS) is 28.5. The summed E-state index contributed by atoms with van der Waals surface area (Å²) in [5.41, 5.74) is 0.790. The summed E-state index contributed by atoms with van der Waals surface area (Å²) in [4.78, 5) is 61.6. The van der Waals surface area contributed by atoms with E-state index in [1.54, 1.807) is 0 Å². The number of ether oxygens (including phenoxy) is 10.